The number of cyclic esters (lactones) is 1. The number of piperidine rings is 1. The molecule has 4 rings (SSSR count). The largest absolute Gasteiger partial charge is 0.447 e. The highest BCUT2D eigenvalue weighted by Gasteiger charge is 2.37. The van der Waals surface area contributed by atoms with Crippen LogP contribution in [0, 0.1) is 11.7 Å². The van der Waals surface area contributed by atoms with E-state index in [1.807, 2.05) is 20.8 Å². The van der Waals surface area contributed by atoms with Crippen molar-refractivity contribution in [2.45, 2.75) is 51.9 Å². The number of carbonyl (C=O) groups is 2. The Balaban J connectivity index is 1.46. The van der Waals surface area contributed by atoms with Crippen molar-refractivity contribution in [1.29, 1.82) is 0 Å². The fraction of sp³-hybridized carbons (Fsp3) is 0.500. The molecule has 1 aromatic heterocycles. The third kappa shape index (κ3) is 4.95. The highest BCUT2D eigenvalue weighted by Crippen LogP contribution is 2.27. The van der Waals surface area contributed by atoms with Crippen molar-refractivity contribution in [3.8, 4) is 0 Å². The van der Waals surface area contributed by atoms with Crippen LogP contribution in [-0.2, 0) is 4.74 Å². The summed E-state index contributed by atoms with van der Waals surface area (Å²) in [6.07, 6.45) is 0.742. The van der Waals surface area contributed by atoms with Crippen LogP contribution in [0.4, 0.5) is 25.3 Å². The first-order chi connectivity index (χ1) is 16.2. The van der Waals surface area contributed by atoms with Crippen LogP contribution in [0.1, 0.15) is 55.6 Å². The predicted octanol–water partition coefficient (Wildman–Crippen LogP) is 4.34. The molecule has 2 fully saturated rings. The van der Waals surface area contributed by atoms with Crippen LogP contribution in [-0.4, -0.2) is 58.8 Å². The molecule has 0 aliphatic carbocycles. The van der Waals surface area contributed by atoms with Gasteiger partial charge in [-0.3, -0.25) is 9.69 Å². The summed E-state index contributed by atoms with van der Waals surface area (Å²) >= 11 is 0. The minimum Gasteiger partial charge on any atom is -0.447 e. The Morgan fingerprint density at radius 3 is 2.62 bits per heavy atom. The molecule has 2 saturated heterocycles. The third-order valence-electron chi connectivity index (χ3n) is 6.34. The molecule has 0 saturated carbocycles. The standard InChI is InChI=1S/C24H29F2N5O3/c1-14(2)20-13-34-24(33)31(20)21-6-9-27-23(29-21)28-15(3)16-4-5-18(19(26)12-16)22(32)30-10-7-17(25)8-11-30/h4-6,9,12,14-15,17,20H,7-8,10-11,13H2,1-3H3,(H,27,28,29)/t15-,20+/m0/s1. The van der Waals surface area contributed by atoms with E-state index in [0.29, 0.717) is 18.0 Å². The number of nitrogens with zero attached hydrogens (tertiary/aromatic N) is 4. The number of rotatable bonds is 6. The molecule has 1 N–H and O–H groups in total. The Labute approximate surface area is 197 Å². The zero-order valence-corrected chi connectivity index (χ0v) is 19.5. The van der Waals surface area contributed by atoms with E-state index in [1.165, 1.54) is 21.9 Å². The van der Waals surface area contributed by atoms with Crippen LogP contribution < -0.4 is 10.2 Å². The van der Waals surface area contributed by atoms with Crippen molar-refractivity contribution >= 4 is 23.8 Å². The number of amides is 2. The third-order valence-corrected chi connectivity index (χ3v) is 6.34. The molecule has 34 heavy (non-hydrogen) atoms. The average Bonchev–Trinajstić information content (AvgIpc) is 3.21. The van der Waals surface area contributed by atoms with Crippen molar-refractivity contribution in [3.05, 3.63) is 47.4 Å². The van der Waals surface area contributed by atoms with E-state index < -0.39 is 24.0 Å². The van der Waals surface area contributed by atoms with Crippen molar-refractivity contribution < 1.29 is 23.1 Å². The summed E-state index contributed by atoms with van der Waals surface area (Å²) in [5.74, 6) is -0.168. The highest BCUT2D eigenvalue weighted by atomic mass is 19.1. The lowest BCUT2D eigenvalue weighted by Crippen LogP contribution is -2.39. The van der Waals surface area contributed by atoms with Crippen LogP contribution in [0.25, 0.3) is 0 Å². The number of anilines is 2. The van der Waals surface area contributed by atoms with Gasteiger partial charge in [0.15, 0.2) is 0 Å². The van der Waals surface area contributed by atoms with Gasteiger partial charge in [0, 0.05) is 19.3 Å². The zero-order chi connectivity index (χ0) is 24.4. The molecule has 2 aliphatic heterocycles. The maximum absolute atomic E-state index is 14.8. The molecule has 2 amide bonds. The molecule has 1 aromatic carbocycles. The molecule has 10 heteroatoms. The minimum absolute atomic E-state index is 0.0289. The molecule has 2 aliphatic rings. The summed E-state index contributed by atoms with van der Waals surface area (Å²) in [6.45, 7) is 6.71. The number of hydrogen-bond acceptors (Lipinski definition) is 6. The summed E-state index contributed by atoms with van der Waals surface area (Å²) in [4.78, 5) is 36.6. The second kappa shape index (κ2) is 9.90. The molecule has 0 spiro atoms. The summed E-state index contributed by atoms with van der Waals surface area (Å²) in [5.41, 5.74) is 0.574. The summed E-state index contributed by atoms with van der Waals surface area (Å²) < 4.78 is 33.4. The van der Waals surface area contributed by atoms with Crippen LogP contribution in [0.2, 0.25) is 0 Å². The molecule has 0 bridgehead atoms. The van der Waals surface area contributed by atoms with Crippen LogP contribution in [0.15, 0.2) is 30.5 Å². The quantitative estimate of drug-likeness (QED) is 0.672. The maximum Gasteiger partial charge on any atom is 0.415 e. The predicted molar refractivity (Wildman–Crippen MR) is 123 cm³/mol. The lowest BCUT2D eigenvalue weighted by Gasteiger charge is -2.29. The Kier molecular flexibility index (Phi) is 6.95. The van der Waals surface area contributed by atoms with Gasteiger partial charge in [-0.25, -0.2) is 18.6 Å². The number of nitrogens with one attached hydrogen (secondary N) is 1. The second-order valence-corrected chi connectivity index (χ2v) is 9.07. The first-order valence-electron chi connectivity index (χ1n) is 11.5. The maximum atomic E-state index is 14.8. The molecule has 3 heterocycles. The van der Waals surface area contributed by atoms with E-state index in [9.17, 15) is 18.4 Å². The van der Waals surface area contributed by atoms with Gasteiger partial charge in [-0.15, -0.1) is 0 Å². The van der Waals surface area contributed by atoms with Gasteiger partial charge in [0.25, 0.3) is 5.91 Å². The molecule has 2 aromatic rings. The van der Waals surface area contributed by atoms with Gasteiger partial charge >= 0.3 is 6.09 Å². The van der Waals surface area contributed by atoms with Gasteiger partial charge in [0.2, 0.25) is 5.95 Å². The van der Waals surface area contributed by atoms with Gasteiger partial charge in [0.05, 0.1) is 17.6 Å². The Morgan fingerprint density at radius 1 is 1.21 bits per heavy atom. The van der Waals surface area contributed by atoms with E-state index in [4.69, 9.17) is 4.74 Å². The number of carbonyl (C=O) groups excluding carboxylic acids is 2. The topological polar surface area (TPSA) is 87.7 Å². The first-order valence-corrected chi connectivity index (χ1v) is 11.5. The molecule has 182 valence electrons. The number of aromatic nitrogens is 2. The number of likely N-dealkylation sites (tertiary alicyclic amines) is 1. The summed E-state index contributed by atoms with van der Waals surface area (Å²) in [5, 5.41) is 3.12. The monoisotopic (exact) mass is 473 g/mol. The fourth-order valence-corrected chi connectivity index (χ4v) is 4.22. The second-order valence-electron chi connectivity index (χ2n) is 9.07. The van der Waals surface area contributed by atoms with Crippen LogP contribution in [0.3, 0.4) is 0 Å². The lowest BCUT2D eigenvalue weighted by molar-refractivity contribution is 0.0662. The minimum atomic E-state index is -0.906. The highest BCUT2D eigenvalue weighted by molar-refractivity contribution is 5.94. The number of hydrogen-bond donors (Lipinski definition) is 1. The van der Waals surface area contributed by atoms with E-state index in [2.05, 4.69) is 15.3 Å². The van der Waals surface area contributed by atoms with Crippen LogP contribution >= 0.6 is 0 Å². The summed E-state index contributed by atoms with van der Waals surface area (Å²) in [7, 11) is 0. The van der Waals surface area contributed by atoms with Crippen molar-refractivity contribution in [2.24, 2.45) is 5.92 Å². The lowest BCUT2D eigenvalue weighted by atomic mass is 10.0. The number of ether oxygens (including phenoxy) is 1. The first kappa shape index (κ1) is 23.8. The molecular weight excluding hydrogens is 444 g/mol. The normalized spacial score (nSPS) is 19.9. The number of alkyl halides is 1. The van der Waals surface area contributed by atoms with Gasteiger partial charge in [0.1, 0.15) is 24.4 Å². The number of halogens is 2. The van der Waals surface area contributed by atoms with Gasteiger partial charge in [-0.1, -0.05) is 19.9 Å². The molecule has 2 atom stereocenters. The SMILES string of the molecule is CC(C)[C@H]1COC(=O)N1c1ccnc(N[C@@H](C)c2ccc(C(=O)N3CCC(F)CC3)c(F)c2)n1. The van der Waals surface area contributed by atoms with Gasteiger partial charge in [-0.05, 0) is 49.4 Å². The van der Waals surface area contributed by atoms with E-state index in [-0.39, 0.29) is 55.4 Å². The van der Waals surface area contributed by atoms with Gasteiger partial charge in [-0.2, -0.15) is 4.98 Å². The fourth-order valence-electron chi connectivity index (χ4n) is 4.22. The van der Waals surface area contributed by atoms with Crippen molar-refractivity contribution in [3.63, 3.8) is 0 Å². The van der Waals surface area contributed by atoms with Gasteiger partial charge < -0.3 is 15.0 Å². The molecule has 8 nitrogen and oxygen atoms in total. The van der Waals surface area contributed by atoms with E-state index in [1.54, 1.807) is 18.3 Å². The average molecular weight is 474 g/mol. The zero-order valence-electron chi connectivity index (χ0n) is 19.5. The Hall–Kier alpha value is -3.30. The smallest absolute Gasteiger partial charge is 0.415 e. The van der Waals surface area contributed by atoms with E-state index in [0.717, 1.165) is 0 Å². The molecular formula is C24H29F2N5O3. The van der Waals surface area contributed by atoms with E-state index >= 15 is 0 Å². The van der Waals surface area contributed by atoms with Crippen molar-refractivity contribution in [1.82, 2.24) is 14.9 Å². The number of benzene rings is 1. The molecule has 0 unspecified atom stereocenters. The molecule has 0 radical (unpaired) electrons. The Morgan fingerprint density at radius 2 is 1.94 bits per heavy atom. The van der Waals surface area contributed by atoms with Crippen LogP contribution in [0.5, 0.6) is 0 Å². The van der Waals surface area contributed by atoms with Crippen molar-refractivity contribution in [2.75, 3.05) is 29.9 Å². The Bertz CT molecular complexity index is 1060. The summed E-state index contributed by atoms with van der Waals surface area (Å²) in [6, 6.07) is 5.58.